The van der Waals surface area contributed by atoms with Crippen molar-refractivity contribution in [2.75, 3.05) is 11.4 Å². The molecule has 0 atom stereocenters. The van der Waals surface area contributed by atoms with Crippen LogP contribution in [-0.4, -0.2) is 26.1 Å². The molecule has 6 heteroatoms. The van der Waals surface area contributed by atoms with E-state index in [9.17, 15) is 0 Å². The van der Waals surface area contributed by atoms with Crippen LogP contribution in [0.3, 0.4) is 0 Å². The van der Waals surface area contributed by atoms with Crippen molar-refractivity contribution in [3.63, 3.8) is 0 Å². The van der Waals surface area contributed by atoms with E-state index in [1.165, 1.54) is 42.9 Å². The van der Waals surface area contributed by atoms with Gasteiger partial charge in [0.25, 0.3) is 5.78 Å². The van der Waals surface area contributed by atoms with Crippen molar-refractivity contribution in [3.8, 4) is 0 Å². The van der Waals surface area contributed by atoms with Gasteiger partial charge in [-0.15, -0.1) is 10.2 Å². The minimum Gasteiger partial charge on any atom is -0.325 e. The summed E-state index contributed by atoms with van der Waals surface area (Å²) < 4.78 is 16.8. The third kappa shape index (κ3) is 2.99. The Morgan fingerprint density at radius 3 is 2.84 bits per heavy atom. The molecule has 0 unspecified atom stereocenters. The molecule has 2 aliphatic rings. The molecule has 6 rings (SSSR count). The quantitative estimate of drug-likeness (QED) is 0.424. The summed E-state index contributed by atoms with van der Waals surface area (Å²) in [6.07, 6.45) is 10.1. The molecule has 0 bridgehead atoms. The predicted molar refractivity (Wildman–Crippen MR) is 120 cm³/mol. The summed E-state index contributed by atoms with van der Waals surface area (Å²) in [5.41, 5.74) is 5.32. The monoisotopic (exact) mass is 415 g/mol. The molecular formula is C25H26FN5. The van der Waals surface area contributed by atoms with Crippen LogP contribution in [-0.2, 0) is 12.8 Å². The Morgan fingerprint density at radius 1 is 1.13 bits per heavy atom. The third-order valence-corrected chi connectivity index (χ3v) is 7.45. The Labute approximate surface area is 180 Å². The molecule has 31 heavy (non-hydrogen) atoms. The van der Waals surface area contributed by atoms with Crippen molar-refractivity contribution in [1.29, 1.82) is 0 Å². The zero-order valence-electron chi connectivity index (χ0n) is 17.8. The Balaban J connectivity index is 1.47. The Morgan fingerprint density at radius 2 is 2.00 bits per heavy atom. The number of rotatable bonds is 5. The van der Waals surface area contributed by atoms with Crippen molar-refractivity contribution < 1.29 is 4.39 Å². The molecule has 2 aromatic heterocycles. The maximum atomic E-state index is 15.1. The number of anilines is 2. The van der Waals surface area contributed by atoms with Crippen molar-refractivity contribution in [2.45, 2.75) is 51.9 Å². The first-order valence-corrected chi connectivity index (χ1v) is 11.4. The average molecular weight is 416 g/mol. The molecule has 0 spiro atoms. The minimum absolute atomic E-state index is 0.266. The molecule has 158 valence electrons. The summed E-state index contributed by atoms with van der Waals surface area (Å²) in [4.78, 5) is 6.95. The first-order chi connectivity index (χ1) is 15.2. The van der Waals surface area contributed by atoms with E-state index in [2.05, 4.69) is 40.2 Å². The molecule has 1 aliphatic heterocycles. The molecule has 0 amide bonds. The van der Waals surface area contributed by atoms with E-state index in [-0.39, 0.29) is 5.82 Å². The second-order valence-electron chi connectivity index (χ2n) is 9.09. The van der Waals surface area contributed by atoms with E-state index < -0.39 is 0 Å². The molecule has 0 N–H and O–H groups in total. The smallest absolute Gasteiger partial charge is 0.257 e. The Kier molecular flexibility index (Phi) is 4.23. The minimum atomic E-state index is -0.266. The fraction of sp³-hybridized carbons (Fsp3) is 0.400. The van der Waals surface area contributed by atoms with Gasteiger partial charge in [-0.25, -0.2) is 4.39 Å². The molecule has 1 fully saturated rings. The van der Waals surface area contributed by atoms with Gasteiger partial charge in [0.15, 0.2) is 0 Å². The first-order valence-electron chi connectivity index (χ1n) is 11.4. The van der Waals surface area contributed by atoms with E-state index in [0.717, 1.165) is 37.0 Å². The second-order valence-corrected chi connectivity index (χ2v) is 9.09. The predicted octanol–water partition coefficient (Wildman–Crippen LogP) is 5.62. The average Bonchev–Trinajstić information content (AvgIpc) is 3.43. The lowest BCUT2D eigenvalue weighted by Gasteiger charge is -2.32. The summed E-state index contributed by atoms with van der Waals surface area (Å²) >= 11 is 0. The number of halogens is 1. The van der Waals surface area contributed by atoms with Gasteiger partial charge in [-0.3, -0.25) is 4.40 Å². The molecule has 1 saturated carbocycles. The number of aryl methyl sites for hydroxylation is 1. The van der Waals surface area contributed by atoms with Gasteiger partial charge in [0, 0.05) is 12.2 Å². The lowest BCUT2D eigenvalue weighted by atomic mass is 9.89. The molecule has 1 aliphatic carbocycles. The largest absolute Gasteiger partial charge is 0.325 e. The van der Waals surface area contributed by atoms with Gasteiger partial charge in [0.05, 0.1) is 10.9 Å². The molecule has 3 heterocycles. The van der Waals surface area contributed by atoms with Crippen LogP contribution >= 0.6 is 0 Å². The fourth-order valence-corrected chi connectivity index (χ4v) is 5.26. The maximum Gasteiger partial charge on any atom is 0.257 e. The first kappa shape index (κ1) is 18.7. The molecule has 2 aromatic carbocycles. The summed E-state index contributed by atoms with van der Waals surface area (Å²) in [6.45, 7) is 3.14. The molecule has 0 saturated heterocycles. The Hall–Kier alpha value is -3.02. The van der Waals surface area contributed by atoms with E-state index in [1.54, 1.807) is 16.8 Å². The van der Waals surface area contributed by atoms with E-state index in [0.29, 0.717) is 22.4 Å². The van der Waals surface area contributed by atoms with Crippen LogP contribution in [0, 0.1) is 11.2 Å². The SMILES string of the molecule is CCC1(CCc2cccc3c2CCCN3c2nc3nncn3c3cccc(F)c23)CC1. The number of hydrogen-bond donors (Lipinski definition) is 0. The van der Waals surface area contributed by atoms with Gasteiger partial charge in [-0.05, 0) is 73.3 Å². The fourth-order valence-electron chi connectivity index (χ4n) is 5.26. The zero-order chi connectivity index (χ0) is 21.0. The van der Waals surface area contributed by atoms with Crippen LogP contribution < -0.4 is 4.90 Å². The van der Waals surface area contributed by atoms with E-state index >= 15 is 4.39 Å². The van der Waals surface area contributed by atoms with Gasteiger partial charge in [0.2, 0.25) is 0 Å². The summed E-state index contributed by atoms with van der Waals surface area (Å²) in [5, 5.41) is 8.67. The standard InChI is InChI=1S/C25H26FN5/c1-2-25(13-14-25)12-11-17-6-3-9-20-18(17)7-5-15-30(20)23-22-19(26)8-4-10-21(22)31-16-27-29-24(31)28-23/h3-4,6,8-10,16H,2,5,7,11-15H2,1H3. The summed E-state index contributed by atoms with van der Waals surface area (Å²) in [6, 6.07) is 11.7. The van der Waals surface area contributed by atoms with Crippen molar-refractivity contribution >= 4 is 28.2 Å². The van der Waals surface area contributed by atoms with Gasteiger partial charge in [-0.2, -0.15) is 4.98 Å². The number of aromatic nitrogens is 4. The Bertz CT molecular complexity index is 1290. The number of fused-ring (bicyclic) bond motifs is 4. The second kappa shape index (κ2) is 7.01. The van der Waals surface area contributed by atoms with Gasteiger partial charge in [-0.1, -0.05) is 31.5 Å². The highest BCUT2D eigenvalue weighted by Crippen LogP contribution is 2.52. The lowest BCUT2D eigenvalue weighted by molar-refractivity contribution is 0.449. The zero-order valence-corrected chi connectivity index (χ0v) is 17.8. The van der Waals surface area contributed by atoms with Crippen LogP contribution in [0.15, 0.2) is 42.7 Å². The van der Waals surface area contributed by atoms with E-state index in [1.807, 2.05) is 6.07 Å². The third-order valence-electron chi connectivity index (χ3n) is 7.45. The molecular weight excluding hydrogens is 389 g/mol. The van der Waals surface area contributed by atoms with Crippen molar-refractivity contribution in [1.82, 2.24) is 19.6 Å². The van der Waals surface area contributed by atoms with Crippen LogP contribution in [0.5, 0.6) is 0 Å². The van der Waals surface area contributed by atoms with Crippen LogP contribution in [0.2, 0.25) is 0 Å². The van der Waals surface area contributed by atoms with Gasteiger partial charge in [0.1, 0.15) is 18.0 Å². The maximum absolute atomic E-state index is 15.1. The highest BCUT2D eigenvalue weighted by molar-refractivity contribution is 5.94. The van der Waals surface area contributed by atoms with Gasteiger partial charge < -0.3 is 4.90 Å². The van der Waals surface area contributed by atoms with Crippen molar-refractivity contribution in [3.05, 3.63) is 59.7 Å². The normalized spacial score (nSPS) is 17.3. The summed E-state index contributed by atoms with van der Waals surface area (Å²) in [5.74, 6) is 0.867. The van der Waals surface area contributed by atoms with Gasteiger partial charge >= 0.3 is 0 Å². The highest BCUT2D eigenvalue weighted by Gasteiger charge is 2.40. The molecule has 4 aromatic rings. The molecule has 0 radical (unpaired) electrons. The number of hydrogen-bond acceptors (Lipinski definition) is 4. The van der Waals surface area contributed by atoms with Crippen LogP contribution in [0.1, 0.15) is 50.2 Å². The van der Waals surface area contributed by atoms with Crippen LogP contribution in [0.25, 0.3) is 16.7 Å². The van der Waals surface area contributed by atoms with Crippen LogP contribution in [0.4, 0.5) is 15.9 Å². The highest BCUT2D eigenvalue weighted by atomic mass is 19.1. The molecule has 5 nitrogen and oxygen atoms in total. The summed E-state index contributed by atoms with van der Waals surface area (Å²) in [7, 11) is 0. The lowest BCUT2D eigenvalue weighted by Crippen LogP contribution is -2.27. The van der Waals surface area contributed by atoms with Crippen molar-refractivity contribution in [2.24, 2.45) is 5.41 Å². The number of nitrogens with zero attached hydrogens (tertiary/aromatic N) is 5. The van der Waals surface area contributed by atoms with E-state index in [4.69, 9.17) is 4.98 Å². The topological polar surface area (TPSA) is 46.3 Å². The number of benzene rings is 2.